The molecule has 2 aliphatic rings. The number of nitrogens with zero attached hydrogens (tertiary/aromatic N) is 3. The van der Waals surface area contributed by atoms with Crippen LogP contribution in [0.1, 0.15) is 11.9 Å². The third kappa shape index (κ3) is 2.21. The molecule has 5 atom stereocenters. The van der Waals surface area contributed by atoms with Gasteiger partial charge in [0, 0.05) is 5.56 Å². The summed E-state index contributed by atoms with van der Waals surface area (Å²) < 4.78 is 12.5. The van der Waals surface area contributed by atoms with Gasteiger partial charge >= 0.3 is 0 Å². The maximum Gasteiger partial charge on any atom is 0.181 e. The van der Waals surface area contributed by atoms with E-state index in [-0.39, 0.29) is 6.61 Å². The van der Waals surface area contributed by atoms with Crippen molar-refractivity contribution in [3.05, 3.63) is 30.0 Å². The summed E-state index contributed by atoms with van der Waals surface area (Å²) in [6.45, 7) is -0.276. The Morgan fingerprint density at radius 3 is 2.71 bits per heavy atom. The van der Waals surface area contributed by atoms with Gasteiger partial charge in [0.25, 0.3) is 0 Å². The van der Waals surface area contributed by atoms with Crippen LogP contribution in [-0.4, -0.2) is 66.4 Å². The molecule has 1 saturated heterocycles. The molecule has 128 valence electrons. The number of para-hydroxylation sites is 1. The highest BCUT2D eigenvalue weighted by Crippen LogP contribution is 2.39. The lowest BCUT2D eigenvalue weighted by atomic mass is 9.98. The molecule has 0 unspecified atom stereocenters. The number of aliphatic hydroxyl groups is 4. The number of fused-ring (bicyclic) bond motifs is 3. The van der Waals surface area contributed by atoms with Crippen LogP contribution in [0, 0.1) is 0 Å². The van der Waals surface area contributed by atoms with Gasteiger partial charge in [0.2, 0.25) is 0 Å². The van der Waals surface area contributed by atoms with E-state index in [9.17, 15) is 20.4 Å². The molecular weight excluding hydrogens is 318 g/mol. The molecule has 1 fully saturated rings. The van der Waals surface area contributed by atoms with Crippen molar-refractivity contribution in [2.75, 3.05) is 6.61 Å². The molecule has 4 N–H and O–H groups in total. The zero-order chi connectivity index (χ0) is 16.8. The molecule has 9 heteroatoms. The number of aromatic nitrogens is 3. The molecule has 9 nitrogen and oxygen atoms in total. The second kappa shape index (κ2) is 5.80. The van der Waals surface area contributed by atoms with Crippen molar-refractivity contribution in [2.45, 2.75) is 37.3 Å². The van der Waals surface area contributed by atoms with Gasteiger partial charge < -0.3 is 29.9 Å². The van der Waals surface area contributed by atoms with Crippen LogP contribution < -0.4 is 4.74 Å². The van der Waals surface area contributed by atoms with Gasteiger partial charge in [-0.3, -0.25) is 0 Å². The first-order chi connectivity index (χ1) is 11.6. The van der Waals surface area contributed by atoms with Crippen molar-refractivity contribution in [2.24, 2.45) is 0 Å². The number of ether oxygens (including phenoxy) is 2. The van der Waals surface area contributed by atoms with Gasteiger partial charge in [-0.2, -0.15) is 0 Å². The highest BCUT2D eigenvalue weighted by molar-refractivity contribution is 5.70. The smallest absolute Gasteiger partial charge is 0.181 e. The second-order valence-corrected chi connectivity index (χ2v) is 5.83. The van der Waals surface area contributed by atoms with Gasteiger partial charge in [-0.1, -0.05) is 17.3 Å². The fourth-order valence-electron chi connectivity index (χ4n) is 3.10. The van der Waals surface area contributed by atoms with E-state index in [0.29, 0.717) is 17.1 Å². The number of hydrogen-bond acceptors (Lipinski definition) is 8. The Morgan fingerprint density at radius 2 is 1.92 bits per heavy atom. The lowest BCUT2D eigenvalue weighted by Gasteiger charge is -2.40. The minimum Gasteiger partial charge on any atom is -0.486 e. The third-order valence-electron chi connectivity index (χ3n) is 4.38. The largest absolute Gasteiger partial charge is 0.486 e. The molecular formula is C15H17N3O6. The van der Waals surface area contributed by atoms with Gasteiger partial charge in [0.1, 0.15) is 48.2 Å². The average Bonchev–Trinajstić information content (AvgIpc) is 3.04. The fourth-order valence-corrected chi connectivity index (χ4v) is 3.10. The summed E-state index contributed by atoms with van der Waals surface area (Å²) in [5.74, 6) is 0.651. The van der Waals surface area contributed by atoms with Crippen LogP contribution >= 0.6 is 0 Å². The van der Waals surface area contributed by atoms with Crippen molar-refractivity contribution in [1.29, 1.82) is 0 Å². The third-order valence-corrected chi connectivity index (χ3v) is 4.38. The van der Waals surface area contributed by atoms with Gasteiger partial charge in [0.15, 0.2) is 6.23 Å². The average molecular weight is 335 g/mol. The van der Waals surface area contributed by atoms with E-state index >= 15 is 0 Å². The van der Waals surface area contributed by atoms with E-state index in [0.717, 1.165) is 5.56 Å². The number of hydrogen-bond donors (Lipinski definition) is 4. The second-order valence-electron chi connectivity index (χ2n) is 5.83. The molecule has 0 amide bonds. The molecule has 1 aromatic heterocycles. The topological polar surface area (TPSA) is 130 Å². The van der Waals surface area contributed by atoms with Crippen molar-refractivity contribution >= 4 is 0 Å². The first kappa shape index (κ1) is 15.5. The van der Waals surface area contributed by atoms with E-state index in [1.54, 1.807) is 0 Å². The lowest BCUT2D eigenvalue weighted by Crippen LogP contribution is -2.56. The summed E-state index contributed by atoms with van der Waals surface area (Å²) in [5.41, 5.74) is 1.92. The highest BCUT2D eigenvalue weighted by atomic mass is 16.6. The maximum atomic E-state index is 10.3. The predicted octanol–water partition coefficient (Wildman–Crippen LogP) is -1.19. The first-order valence-corrected chi connectivity index (χ1v) is 7.58. The highest BCUT2D eigenvalue weighted by Gasteiger charge is 2.46. The van der Waals surface area contributed by atoms with Crippen molar-refractivity contribution in [3.63, 3.8) is 0 Å². The van der Waals surface area contributed by atoms with E-state index in [1.165, 1.54) is 4.68 Å². The van der Waals surface area contributed by atoms with E-state index < -0.39 is 37.3 Å². The minimum absolute atomic E-state index is 0.226. The number of rotatable bonds is 2. The van der Waals surface area contributed by atoms with Crippen molar-refractivity contribution in [3.8, 4) is 17.0 Å². The molecule has 0 spiro atoms. The zero-order valence-corrected chi connectivity index (χ0v) is 12.6. The molecule has 0 saturated carbocycles. The number of aliphatic hydroxyl groups excluding tert-OH is 4. The fraction of sp³-hybridized carbons (Fsp3) is 0.467. The lowest BCUT2D eigenvalue weighted by molar-refractivity contribution is -0.253. The minimum atomic E-state index is -1.48. The normalized spacial score (nSPS) is 31.9. The Morgan fingerprint density at radius 1 is 1.12 bits per heavy atom. The Kier molecular flexibility index (Phi) is 3.74. The van der Waals surface area contributed by atoms with Crippen LogP contribution in [0.2, 0.25) is 0 Å². The molecule has 0 bridgehead atoms. The van der Waals surface area contributed by atoms with E-state index in [1.807, 2.05) is 24.3 Å². The molecule has 0 radical (unpaired) electrons. The molecule has 1 aromatic carbocycles. The zero-order valence-electron chi connectivity index (χ0n) is 12.6. The van der Waals surface area contributed by atoms with E-state index in [2.05, 4.69) is 10.3 Å². The summed E-state index contributed by atoms with van der Waals surface area (Å²) in [4.78, 5) is 0. The van der Waals surface area contributed by atoms with Crippen molar-refractivity contribution in [1.82, 2.24) is 15.0 Å². The summed E-state index contributed by atoms with van der Waals surface area (Å²) in [6.07, 6.45) is -6.43. The van der Waals surface area contributed by atoms with Gasteiger partial charge in [0.05, 0.1) is 6.61 Å². The SMILES string of the molecule is OC[C@H]1O[C@@H](n2nnc3c2-c2ccccc2OC3)[C@H](O)[C@@H](O)[C@H]1O. The van der Waals surface area contributed by atoms with Gasteiger partial charge in [-0.25, -0.2) is 4.68 Å². The van der Waals surface area contributed by atoms with Crippen LogP contribution in [0.4, 0.5) is 0 Å². The molecule has 24 heavy (non-hydrogen) atoms. The Bertz CT molecular complexity index is 749. The molecule has 3 heterocycles. The maximum absolute atomic E-state index is 10.3. The van der Waals surface area contributed by atoms with Crippen LogP contribution in [0.3, 0.4) is 0 Å². The van der Waals surface area contributed by atoms with Crippen LogP contribution in [0.15, 0.2) is 24.3 Å². The molecule has 2 aliphatic heterocycles. The predicted molar refractivity (Wildman–Crippen MR) is 78.8 cm³/mol. The summed E-state index contributed by atoms with van der Waals surface area (Å²) in [6, 6.07) is 7.31. The van der Waals surface area contributed by atoms with Crippen LogP contribution in [0.5, 0.6) is 5.75 Å². The Balaban J connectivity index is 1.78. The molecule has 4 rings (SSSR count). The van der Waals surface area contributed by atoms with Gasteiger partial charge in [-0.15, -0.1) is 5.10 Å². The Hall–Kier alpha value is -2.04. The quantitative estimate of drug-likeness (QED) is 0.539. The first-order valence-electron chi connectivity index (χ1n) is 7.58. The summed E-state index contributed by atoms with van der Waals surface area (Å²) in [5, 5.41) is 47.6. The Labute approximate surface area is 136 Å². The van der Waals surface area contributed by atoms with Crippen LogP contribution in [-0.2, 0) is 11.3 Å². The monoisotopic (exact) mass is 335 g/mol. The van der Waals surface area contributed by atoms with Gasteiger partial charge in [-0.05, 0) is 12.1 Å². The van der Waals surface area contributed by atoms with Crippen molar-refractivity contribution < 1.29 is 29.9 Å². The van der Waals surface area contributed by atoms with Crippen LogP contribution in [0.25, 0.3) is 11.3 Å². The summed E-state index contributed by atoms with van der Waals surface area (Å²) >= 11 is 0. The molecule has 2 aromatic rings. The standard InChI is InChI=1S/C15H17N3O6/c19-5-10-12(20)13(21)14(22)15(24-10)18-11-7-3-1-2-4-9(7)23-6-8(11)16-17-18/h1-4,10,12-15,19-22H,5-6H2/t10-,12+,13+,14-,15-/m1/s1. The number of benzene rings is 1. The molecule has 0 aliphatic carbocycles. The van der Waals surface area contributed by atoms with E-state index in [4.69, 9.17) is 9.47 Å². The summed E-state index contributed by atoms with van der Waals surface area (Å²) in [7, 11) is 0.